The third-order valence-corrected chi connectivity index (χ3v) is 8.06. The van der Waals surface area contributed by atoms with Crippen LogP contribution in [-0.4, -0.2) is 45.1 Å². The molecule has 1 atom stereocenters. The van der Waals surface area contributed by atoms with E-state index in [1.807, 2.05) is 0 Å². The van der Waals surface area contributed by atoms with Gasteiger partial charge in [-0.2, -0.15) is 13.2 Å². The van der Waals surface area contributed by atoms with Crippen molar-refractivity contribution in [3.8, 4) is 0 Å². The van der Waals surface area contributed by atoms with Gasteiger partial charge in [0.15, 0.2) is 0 Å². The number of benzene rings is 2. The lowest BCUT2D eigenvalue weighted by molar-refractivity contribution is -0.137. The van der Waals surface area contributed by atoms with Gasteiger partial charge in [0, 0.05) is 37.8 Å². The van der Waals surface area contributed by atoms with Gasteiger partial charge in [0.25, 0.3) is 11.5 Å². The van der Waals surface area contributed by atoms with Crippen LogP contribution >= 0.6 is 11.6 Å². The number of hydrogen-bond acceptors (Lipinski definition) is 4. The normalized spacial score (nSPS) is 17.4. The smallest absolute Gasteiger partial charge is 0.347 e. The van der Waals surface area contributed by atoms with Gasteiger partial charge in [0.2, 0.25) is 0 Å². The molecule has 2 aromatic carbocycles. The van der Waals surface area contributed by atoms with E-state index in [0.717, 1.165) is 35.6 Å². The summed E-state index contributed by atoms with van der Waals surface area (Å²) >= 11 is 5.99. The van der Waals surface area contributed by atoms with Gasteiger partial charge in [-0.15, -0.1) is 0 Å². The van der Waals surface area contributed by atoms with Gasteiger partial charge in [-0.1, -0.05) is 11.6 Å². The number of nitrogens with one attached hydrogen (secondary N) is 2. The highest BCUT2D eigenvalue weighted by atomic mass is 35.5. The van der Waals surface area contributed by atoms with Crippen molar-refractivity contribution in [3.05, 3.63) is 73.1 Å². The summed E-state index contributed by atoms with van der Waals surface area (Å²) in [4.78, 5) is 53.7. The van der Waals surface area contributed by atoms with E-state index in [9.17, 15) is 32.3 Å². The molecule has 2 heterocycles. The fourth-order valence-corrected chi connectivity index (χ4v) is 5.53. The molecule has 1 aliphatic carbocycles. The maximum Gasteiger partial charge on any atom is 0.416 e. The zero-order valence-corrected chi connectivity index (χ0v) is 24.2. The van der Waals surface area contributed by atoms with Gasteiger partial charge in [0.1, 0.15) is 5.82 Å². The SMILES string of the molecule is CC(C)n1c(=O)n(CC2CC2)c(=O)c2cc(NC(=O)N3CCCC(NC(=O)c4cc(C(F)(F)F)ccc4Cl)C3)c(F)cc21. The molecule has 1 unspecified atom stereocenters. The summed E-state index contributed by atoms with van der Waals surface area (Å²) in [5.41, 5.74) is -2.56. The molecule has 3 aromatic rings. The Morgan fingerprint density at radius 3 is 2.47 bits per heavy atom. The van der Waals surface area contributed by atoms with Crippen molar-refractivity contribution in [3.63, 3.8) is 0 Å². The highest BCUT2D eigenvalue weighted by Gasteiger charge is 2.33. The number of carbonyl (C=O) groups excluding carboxylic acids is 2. The topological polar surface area (TPSA) is 105 Å². The van der Waals surface area contributed by atoms with Crippen molar-refractivity contribution in [2.24, 2.45) is 5.92 Å². The van der Waals surface area contributed by atoms with Crippen LogP contribution in [0.3, 0.4) is 0 Å². The Morgan fingerprint density at radius 2 is 1.81 bits per heavy atom. The number of piperidine rings is 1. The molecule has 0 spiro atoms. The van der Waals surface area contributed by atoms with Crippen LogP contribution in [0.2, 0.25) is 5.02 Å². The fourth-order valence-electron chi connectivity index (χ4n) is 5.33. The lowest BCUT2D eigenvalue weighted by Gasteiger charge is -2.33. The van der Waals surface area contributed by atoms with E-state index in [2.05, 4.69) is 10.6 Å². The lowest BCUT2D eigenvalue weighted by atomic mass is 10.0. The summed E-state index contributed by atoms with van der Waals surface area (Å²) in [6.45, 7) is 4.06. The molecule has 1 saturated heterocycles. The summed E-state index contributed by atoms with van der Waals surface area (Å²) in [5, 5.41) is 5.06. The molecule has 0 radical (unpaired) electrons. The molecule has 1 aromatic heterocycles. The minimum atomic E-state index is -4.66. The van der Waals surface area contributed by atoms with Crippen molar-refractivity contribution in [2.45, 2.75) is 64.3 Å². The van der Waals surface area contributed by atoms with E-state index < -0.39 is 46.8 Å². The van der Waals surface area contributed by atoms with E-state index in [0.29, 0.717) is 18.9 Å². The first-order chi connectivity index (χ1) is 20.2. The Balaban J connectivity index is 1.35. The van der Waals surface area contributed by atoms with Gasteiger partial charge in [-0.25, -0.2) is 14.0 Å². The van der Waals surface area contributed by atoms with Crippen molar-refractivity contribution in [1.29, 1.82) is 0 Å². The minimum absolute atomic E-state index is 0.00440. The van der Waals surface area contributed by atoms with Gasteiger partial charge < -0.3 is 15.5 Å². The maximum atomic E-state index is 15.3. The summed E-state index contributed by atoms with van der Waals surface area (Å²) in [7, 11) is 0. The molecule has 2 N–H and O–H groups in total. The standard InChI is InChI=1S/C29H30ClF4N5O4/c1-15(2)39-24-12-22(31)23(11-20(24)26(41)38(28(39)43)13-16-5-6-16)36-27(42)37-9-3-4-18(14-37)35-25(40)19-10-17(29(32,33)34)7-8-21(19)30/h7-8,10-12,15-16,18H,3-6,9,13-14H2,1-2H3,(H,35,40)(H,36,42). The Hall–Kier alpha value is -3.87. The van der Waals surface area contributed by atoms with Crippen LogP contribution in [-0.2, 0) is 12.7 Å². The van der Waals surface area contributed by atoms with Gasteiger partial charge >= 0.3 is 17.9 Å². The summed E-state index contributed by atoms with van der Waals surface area (Å²) in [6.07, 6.45) is -1.92. The Bertz CT molecular complexity index is 1710. The van der Waals surface area contributed by atoms with Gasteiger partial charge in [-0.05, 0) is 69.7 Å². The number of anilines is 1. The molecule has 1 aliphatic heterocycles. The van der Waals surface area contributed by atoms with Gasteiger partial charge in [0.05, 0.1) is 32.7 Å². The molecule has 0 bridgehead atoms. The first kappa shape index (κ1) is 30.6. The van der Waals surface area contributed by atoms with E-state index in [1.165, 1.54) is 15.5 Å². The van der Waals surface area contributed by atoms with E-state index >= 15 is 4.39 Å². The average molecular weight is 624 g/mol. The first-order valence-corrected chi connectivity index (χ1v) is 14.3. The molecule has 14 heteroatoms. The number of aromatic nitrogens is 2. The number of halogens is 5. The van der Waals surface area contributed by atoms with Crippen molar-refractivity contribution < 1.29 is 27.2 Å². The number of urea groups is 1. The third kappa shape index (κ3) is 6.41. The Labute approximate surface area is 248 Å². The molecular formula is C29H30ClF4N5O4. The summed E-state index contributed by atoms with van der Waals surface area (Å²) < 4.78 is 57.2. The molecule has 9 nitrogen and oxygen atoms in total. The first-order valence-electron chi connectivity index (χ1n) is 14.0. The molecule has 43 heavy (non-hydrogen) atoms. The van der Waals surface area contributed by atoms with Crippen LogP contribution in [0.1, 0.15) is 61.5 Å². The largest absolute Gasteiger partial charge is 0.416 e. The molecule has 3 amide bonds. The van der Waals surface area contributed by atoms with Crippen LogP contribution in [0.25, 0.3) is 10.9 Å². The van der Waals surface area contributed by atoms with E-state index in [4.69, 9.17) is 11.6 Å². The number of likely N-dealkylation sites (tertiary alicyclic amines) is 1. The number of fused-ring (bicyclic) bond motifs is 1. The van der Waals surface area contributed by atoms with Crippen LogP contribution < -0.4 is 21.9 Å². The van der Waals surface area contributed by atoms with E-state index in [-0.39, 0.29) is 58.8 Å². The predicted molar refractivity (Wildman–Crippen MR) is 153 cm³/mol. The van der Waals surface area contributed by atoms with Crippen LogP contribution in [0.15, 0.2) is 39.9 Å². The lowest BCUT2D eigenvalue weighted by Crippen LogP contribution is -2.50. The van der Waals surface area contributed by atoms with Gasteiger partial charge in [-0.3, -0.25) is 18.7 Å². The molecule has 1 saturated carbocycles. The van der Waals surface area contributed by atoms with Crippen molar-refractivity contribution >= 4 is 40.1 Å². The van der Waals surface area contributed by atoms with Crippen LogP contribution in [0, 0.1) is 11.7 Å². The second-order valence-corrected chi connectivity index (χ2v) is 11.7. The average Bonchev–Trinajstić information content (AvgIpc) is 3.76. The second-order valence-electron chi connectivity index (χ2n) is 11.3. The van der Waals surface area contributed by atoms with Crippen molar-refractivity contribution in [2.75, 3.05) is 18.4 Å². The quantitative estimate of drug-likeness (QED) is 0.359. The number of alkyl halides is 3. The Kier molecular flexibility index (Phi) is 8.30. The van der Waals surface area contributed by atoms with Crippen molar-refractivity contribution in [1.82, 2.24) is 19.4 Å². The van der Waals surface area contributed by atoms with Crippen LogP contribution in [0.4, 0.5) is 28.0 Å². The molecule has 5 rings (SSSR count). The van der Waals surface area contributed by atoms with Crippen LogP contribution in [0.5, 0.6) is 0 Å². The number of nitrogens with zero attached hydrogens (tertiary/aromatic N) is 3. The molecular weight excluding hydrogens is 594 g/mol. The summed E-state index contributed by atoms with van der Waals surface area (Å²) in [5.74, 6) is -1.42. The fraction of sp³-hybridized carbons (Fsp3) is 0.448. The third-order valence-electron chi connectivity index (χ3n) is 7.74. The maximum absolute atomic E-state index is 15.3. The zero-order chi connectivity index (χ0) is 31.2. The number of rotatable bonds is 6. The highest BCUT2D eigenvalue weighted by Crippen LogP contribution is 2.32. The monoisotopic (exact) mass is 623 g/mol. The number of hydrogen-bond donors (Lipinski definition) is 2. The summed E-state index contributed by atoms with van der Waals surface area (Å²) in [6, 6.07) is 3.09. The second kappa shape index (κ2) is 11.7. The minimum Gasteiger partial charge on any atom is -0.347 e. The molecule has 2 aliphatic rings. The highest BCUT2D eigenvalue weighted by molar-refractivity contribution is 6.33. The molecule has 2 fully saturated rings. The molecule has 230 valence electrons. The zero-order valence-electron chi connectivity index (χ0n) is 23.4. The number of carbonyl (C=O) groups is 2. The number of amides is 3. The predicted octanol–water partition coefficient (Wildman–Crippen LogP) is 5.39. The Morgan fingerprint density at radius 1 is 1.09 bits per heavy atom. The van der Waals surface area contributed by atoms with E-state index in [1.54, 1.807) is 13.8 Å².